The molecule has 0 heterocycles. The number of rotatable bonds is 7. The third kappa shape index (κ3) is 5.46. The van der Waals surface area contributed by atoms with E-state index in [4.69, 9.17) is 14.7 Å². The number of carbonyl (C=O) groups excluding carboxylic acids is 1. The molecule has 1 N–H and O–H groups in total. The molecule has 0 radical (unpaired) electrons. The fourth-order valence-corrected chi connectivity index (χ4v) is 1.84. The van der Waals surface area contributed by atoms with E-state index < -0.39 is 0 Å². The summed E-state index contributed by atoms with van der Waals surface area (Å²) in [5, 5.41) is 12.3. The standard InChI is InChI=1S/C18H17N3O3/c1-14-4-2-3-5-17(14)24-13-18(22)21-20-12-15-6-8-16(9-7-15)23-11-10-19/h2-9,12H,11,13H2,1H3,(H,21,22)/b20-12-. The van der Waals surface area contributed by atoms with Gasteiger partial charge in [0.1, 0.15) is 17.6 Å². The van der Waals surface area contributed by atoms with E-state index in [1.165, 1.54) is 6.21 Å². The summed E-state index contributed by atoms with van der Waals surface area (Å²) in [6.07, 6.45) is 1.51. The van der Waals surface area contributed by atoms with E-state index in [0.29, 0.717) is 11.5 Å². The Morgan fingerprint density at radius 3 is 2.67 bits per heavy atom. The van der Waals surface area contributed by atoms with E-state index in [1.807, 2.05) is 37.3 Å². The average Bonchev–Trinajstić information content (AvgIpc) is 2.60. The summed E-state index contributed by atoms with van der Waals surface area (Å²) in [6, 6.07) is 16.4. The molecular formula is C18H17N3O3. The van der Waals surface area contributed by atoms with Crippen LogP contribution in [0.1, 0.15) is 11.1 Å². The third-order valence-corrected chi connectivity index (χ3v) is 3.04. The highest BCUT2D eigenvalue weighted by atomic mass is 16.5. The van der Waals surface area contributed by atoms with Crippen LogP contribution in [-0.2, 0) is 4.79 Å². The maximum Gasteiger partial charge on any atom is 0.277 e. The van der Waals surface area contributed by atoms with Crippen molar-refractivity contribution in [1.29, 1.82) is 5.26 Å². The second-order valence-electron chi connectivity index (χ2n) is 4.86. The number of benzene rings is 2. The van der Waals surface area contributed by atoms with E-state index >= 15 is 0 Å². The largest absolute Gasteiger partial charge is 0.483 e. The van der Waals surface area contributed by atoms with Crippen LogP contribution in [0.25, 0.3) is 0 Å². The highest BCUT2D eigenvalue weighted by molar-refractivity contribution is 5.83. The molecule has 0 unspecified atom stereocenters. The van der Waals surface area contributed by atoms with Crippen LogP contribution < -0.4 is 14.9 Å². The van der Waals surface area contributed by atoms with Crippen molar-refractivity contribution < 1.29 is 14.3 Å². The topological polar surface area (TPSA) is 83.7 Å². The number of nitrogens with zero attached hydrogens (tertiary/aromatic N) is 2. The minimum atomic E-state index is -0.344. The van der Waals surface area contributed by atoms with Crippen LogP contribution in [0.3, 0.4) is 0 Å². The van der Waals surface area contributed by atoms with E-state index in [-0.39, 0.29) is 19.1 Å². The molecule has 0 aliphatic carbocycles. The van der Waals surface area contributed by atoms with Gasteiger partial charge in [-0.2, -0.15) is 10.4 Å². The lowest BCUT2D eigenvalue weighted by atomic mass is 10.2. The van der Waals surface area contributed by atoms with Crippen LogP contribution in [0, 0.1) is 18.3 Å². The molecule has 0 saturated heterocycles. The van der Waals surface area contributed by atoms with Crippen molar-refractivity contribution in [2.24, 2.45) is 5.10 Å². The van der Waals surface area contributed by atoms with Crippen molar-refractivity contribution in [3.05, 3.63) is 59.7 Å². The van der Waals surface area contributed by atoms with Gasteiger partial charge in [-0.3, -0.25) is 4.79 Å². The summed E-state index contributed by atoms with van der Waals surface area (Å²) in [7, 11) is 0. The van der Waals surface area contributed by atoms with Gasteiger partial charge in [0.2, 0.25) is 0 Å². The normalized spacial score (nSPS) is 10.2. The number of hydrogen-bond donors (Lipinski definition) is 1. The molecule has 0 bridgehead atoms. The van der Waals surface area contributed by atoms with Gasteiger partial charge in [-0.05, 0) is 48.4 Å². The number of ether oxygens (including phenoxy) is 2. The maximum atomic E-state index is 11.7. The van der Waals surface area contributed by atoms with Crippen LogP contribution in [0.5, 0.6) is 11.5 Å². The van der Waals surface area contributed by atoms with Gasteiger partial charge in [-0.25, -0.2) is 5.43 Å². The van der Waals surface area contributed by atoms with E-state index in [2.05, 4.69) is 10.5 Å². The smallest absolute Gasteiger partial charge is 0.277 e. The predicted molar refractivity (Wildman–Crippen MR) is 90.0 cm³/mol. The Bertz CT molecular complexity index is 749. The van der Waals surface area contributed by atoms with Crippen molar-refractivity contribution in [3.8, 4) is 17.6 Å². The number of hydrazone groups is 1. The first-order chi connectivity index (χ1) is 11.7. The summed E-state index contributed by atoms with van der Waals surface area (Å²) >= 11 is 0. The highest BCUT2D eigenvalue weighted by Crippen LogP contribution is 2.15. The quantitative estimate of drug-likeness (QED) is 0.626. The van der Waals surface area contributed by atoms with Crippen LogP contribution in [-0.4, -0.2) is 25.3 Å². The van der Waals surface area contributed by atoms with Gasteiger partial charge >= 0.3 is 0 Å². The zero-order valence-electron chi connectivity index (χ0n) is 13.2. The lowest BCUT2D eigenvalue weighted by Crippen LogP contribution is -2.24. The molecule has 6 nitrogen and oxygen atoms in total. The van der Waals surface area contributed by atoms with E-state index in [1.54, 1.807) is 24.3 Å². The Labute approximate surface area is 140 Å². The minimum Gasteiger partial charge on any atom is -0.483 e. The molecule has 2 aromatic rings. The zero-order chi connectivity index (χ0) is 17.2. The number of nitriles is 1. The molecule has 24 heavy (non-hydrogen) atoms. The van der Waals surface area contributed by atoms with Crippen molar-refractivity contribution in [3.63, 3.8) is 0 Å². The van der Waals surface area contributed by atoms with Gasteiger partial charge in [0.05, 0.1) is 6.21 Å². The summed E-state index contributed by atoms with van der Waals surface area (Å²) in [5.41, 5.74) is 4.16. The maximum absolute atomic E-state index is 11.7. The average molecular weight is 323 g/mol. The lowest BCUT2D eigenvalue weighted by molar-refractivity contribution is -0.123. The Morgan fingerprint density at radius 2 is 1.96 bits per heavy atom. The second-order valence-corrected chi connectivity index (χ2v) is 4.86. The summed E-state index contributed by atoms with van der Waals surface area (Å²) in [4.78, 5) is 11.7. The Kier molecular flexibility index (Phi) is 6.35. The summed E-state index contributed by atoms with van der Waals surface area (Å²) in [6.45, 7) is 1.81. The molecule has 0 atom stereocenters. The van der Waals surface area contributed by atoms with Crippen LogP contribution in [0.2, 0.25) is 0 Å². The van der Waals surface area contributed by atoms with Crippen LogP contribution in [0.15, 0.2) is 53.6 Å². The summed E-state index contributed by atoms with van der Waals surface area (Å²) < 4.78 is 10.6. The Hall–Kier alpha value is -3.33. The Balaban J connectivity index is 1.78. The molecule has 122 valence electrons. The van der Waals surface area contributed by atoms with Crippen LogP contribution in [0.4, 0.5) is 0 Å². The number of nitrogens with one attached hydrogen (secondary N) is 1. The first kappa shape index (κ1) is 17.0. The number of amides is 1. The molecule has 0 saturated carbocycles. The van der Waals surface area contributed by atoms with Gasteiger partial charge in [0.25, 0.3) is 5.91 Å². The molecule has 2 rings (SSSR count). The molecule has 0 spiro atoms. The lowest BCUT2D eigenvalue weighted by Gasteiger charge is -2.07. The number of carbonyl (C=O) groups is 1. The zero-order valence-corrected chi connectivity index (χ0v) is 13.2. The fraction of sp³-hybridized carbons (Fsp3) is 0.167. The molecule has 0 aliphatic rings. The molecular weight excluding hydrogens is 306 g/mol. The second kappa shape index (κ2) is 8.96. The first-order valence-corrected chi connectivity index (χ1v) is 7.29. The first-order valence-electron chi connectivity index (χ1n) is 7.29. The number of para-hydroxylation sites is 1. The molecule has 0 aromatic heterocycles. The van der Waals surface area contributed by atoms with Gasteiger partial charge in [-0.15, -0.1) is 0 Å². The van der Waals surface area contributed by atoms with Crippen LogP contribution >= 0.6 is 0 Å². The van der Waals surface area contributed by atoms with Gasteiger partial charge in [0.15, 0.2) is 13.2 Å². The fourth-order valence-electron chi connectivity index (χ4n) is 1.84. The number of hydrogen-bond acceptors (Lipinski definition) is 5. The molecule has 0 fully saturated rings. The number of aryl methyl sites for hydroxylation is 1. The molecule has 2 aromatic carbocycles. The van der Waals surface area contributed by atoms with Gasteiger partial charge in [-0.1, -0.05) is 18.2 Å². The van der Waals surface area contributed by atoms with E-state index in [0.717, 1.165) is 11.1 Å². The van der Waals surface area contributed by atoms with Crippen molar-refractivity contribution >= 4 is 12.1 Å². The molecule has 0 aliphatic heterocycles. The SMILES string of the molecule is Cc1ccccc1OCC(=O)N/N=C\c1ccc(OCC#N)cc1. The van der Waals surface area contributed by atoms with Crippen molar-refractivity contribution in [1.82, 2.24) is 5.43 Å². The van der Waals surface area contributed by atoms with Gasteiger partial charge < -0.3 is 9.47 Å². The minimum absolute atomic E-state index is 0.00435. The monoisotopic (exact) mass is 323 g/mol. The highest BCUT2D eigenvalue weighted by Gasteiger charge is 2.03. The third-order valence-electron chi connectivity index (χ3n) is 3.04. The van der Waals surface area contributed by atoms with Crippen molar-refractivity contribution in [2.75, 3.05) is 13.2 Å². The molecule has 6 heteroatoms. The van der Waals surface area contributed by atoms with Crippen molar-refractivity contribution in [2.45, 2.75) is 6.92 Å². The van der Waals surface area contributed by atoms with Gasteiger partial charge in [0, 0.05) is 0 Å². The van der Waals surface area contributed by atoms with E-state index in [9.17, 15) is 4.79 Å². The molecule has 1 amide bonds. The predicted octanol–water partition coefficient (Wildman–Crippen LogP) is 2.43. The Morgan fingerprint density at radius 1 is 1.21 bits per heavy atom. The summed E-state index contributed by atoms with van der Waals surface area (Å²) in [5.74, 6) is 0.928.